The summed E-state index contributed by atoms with van der Waals surface area (Å²) in [5.74, 6) is 2.28. The van der Waals surface area contributed by atoms with Crippen LogP contribution >= 0.6 is 0 Å². The van der Waals surface area contributed by atoms with Gasteiger partial charge in [-0.1, -0.05) is 29.4 Å². The number of amides is 1. The number of nitrogens with one attached hydrogen (secondary N) is 2. The number of aryl methyl sites for hydroxylation is 2. The average Bonchev–Trinajstić information content (AvgIpc) is 3.35. The standard InChI is InChI=1S/C29H30N4O3/c1-18-16-23(28-31-19(2)36-33-28)8-10-25(18)20-4-6-22(7-5-20)29(34)32-24-9-11-27(35-3)26(17-24)21-12-14-30-15-13-21/h4-11,16-17,21,30H,12-15H2,1-3H3,(H,32,34). The number of anilines is 1. The Morgan fingerprint density at radius 2 is 1.75 bits per heavy atom. The summed E-state index contributed by atoms with van der Waals surface area (Å²) in [6.45, 7) is 5.82. The largest absolute Gasteiger partial charge is 0.496 e. The number of hydrogen-bond donors (Lipinski definition) is 2. The molecular weight excluding hydrogens is 452 g/mol. The molecule has 7 heteroatoms. The maximum Gasteiger partial charge on any atom is 0.255 e. The lowest BCUT2D eigenvalue weighted by Crippen LogP contribution is -2.26. The number of aromatic nitrogens is 2. The highest BCUT2D eigenvalue weighted by atomic mass is 16.5. The molecule has 1 aliphatic heterocycles. The van der Waals surface area contributed by atoms with Gasteiger partial charge in [0.2, 0.25) is 11.7 Å². The van der Waals surface area contributed by atoms with Gasteiger partial charge in [0.1, 0.15) is 5.75 Å². The van der Waals surface area contributed by atoms with Crippen LogP contribution in [-0.4, -0.2) is 36.2 Å². The van der Waals surface area contributed by atoms with Crippen molar-refractivity contribution in [1.29, 1.82) is 0 Å². The molecule has 184 valence electrons. The van der Waals surface area contributed by atoms with Gasteiger partial charge in [0, 0.05) is 23.7 Å². The Balaban J connectivity index is 1.31. The summed E-state index contributed by atoms with van der Waals surface area (Å²) >= 11 is 0. The molecule has 1 aliphatic rings. The monoisotopic (exact) mass is 482 g/mol. The maximum atomic E-state index is 13.0. The van der Waals surface area contributed by atoms with Crippen molar-refractivity contribution in [1.82, 2.24) is 15.5 Å². The first-order valence-corrected chi connectivity index (χ1v) is 12.2. The summed E-state index contributed by atoms with van der Waals surface area (Å²) in [4.78, 5) is 17.3. The molecule has 0 atom stereocenters. The minimum absolute atomic E-state index is 0.137. The van der Waals surface area contributed by atoms with Crippen LogP contribution in [-0.2, 0) is 0 Å². The number of benzene rings is 3. The number of carbonyl (C=O) groups excluding carboxylic acids is 1. The van der Waals surface area contributed by atoms with Crippen LogP contribution < -0.4 is 15.4 Å². The van der Waals surface area contributed by atoms with Gasteiger partial charge < -0.3 is 19.9 Å². The quantitative estimate of drug-likeness (QED) is 0.364. The molecule has 1 aromatic heterocycles. The van der Waals surface area contributed by atoms with E-state index in [1.807, 2.05) is 54.6 Å². The molecule has 0 aliphatic carbocycles. The van der Waals surface area contributed by atoms with Crippen molar-refractivity contribution in [2.75, 3.05) is 25.5 Å². The number of ether oxygens (including phenoxy) is 1. The Morgan fingerprint density at radius 1 is 1.00 bits per heavy atom. The molecule has 1 amide bonds. The Kier molecular flexibility index (Phi) is 6.82. The Hall–Kier alpha value is -3.97. The van der Waals surface area contributed by atoms with E-state index in [0.29, 0.717) is 23.2 Å². The van der Waals surface area contributed by atoms with Gasteiger partial charge in [-0.3, -0.25) is 4.79 Å². The summed E-state index contributed by atoms with van der Waals surface area (Å²) in [5.41, 5.74) is 6.67. The third-order valence-electron chi connectivity index (χ3n) is 6.74. The molecule has 7 nitrogen and oxygen atoms in total. The van der Waals surface area contributed by atoms with Gasteiger partial charge in [0.15, 0.2) is 0 Å². The molecule has 0 bridgehead atoms. The SMILES string of the molecule is COc1ccc(NC(=O)c2ccc(-c3ccc(-c4noc(C)n4)cc3C)cc2)cc1C1CCNCC1. The third kappa shape index (κ3) is 5.02. The van der Waals surface area contributed by atoms with E-state index in [1.165, 1.54) is 0 Å². The van der Waals surface area contributed by atoms with Crippen LogP contribution in [0.1, 0.15) is 46.1 Å². The van der Waals surface area contributed by atoms with Gasteiger partial charge in [-0.2, -0.15) is 4.98 Å². The Labute approximate surface area is 210 Å². The van der Waals surface area contributed by atoms with E-state index in [2.05, 4.69) is 33.8 Å². The van der Waals surface area contributed by atoms with E-state index in [-0.39, 0.29) is 5.91 Å². The maximum absolute atomic E-state index is 13.0. The van der Waals surface area contributed by atoms with Gasteiger partial charge >= 0.3 is 0 Å². The van der Waals surface area contributed by atoms with E-state index >= 15 is 0 Å². The van der Waals surface area contributed by atoms with Crippen molar-refractivity contribution in [3.63, 3.8) is 0 Å². The highest BCUT2D eigenvalue weighted by Crippen LogP contribution is 2.35. The van der Waals surface area contributed by atoms with Crippen molar-refractivity contribution in [2.45, 2.75) is 32.6 Å². The number of carbonyl (C=O) groups is 1. The van der Waals surface area contributed by atoms with Crippen molar-refractivity contribution < 1.29 is 14.1 Å². The topological polar surface area (TPSA) is 89.3 Å². The first-order valence-electron chi connectivity index (χ1n) is 12.2. The van der Waals surface area contributed by atoms with Crippen LogP contribution in [0.2, 0.25) is 0 Å². The second-order valence-electron chi connectivity index (χ2n) is 9.18. The lowest BCUT2D eigenvalue weighted by Gasteiger charge is -2.25. The lowest BCUT2D eigenvalue weighted by atomic mass is 9.89. The molecule has 1 saturated heterocycles. The molecular formula is C29H30N4O3. The second-order valence-corrected chi connectivity index (χ2v) is 9.18. The first-order chi connectivity index (χ1) is 17.5. The van der Waals surface area contributed by atoms with Crippen LogP contribution in [0.25, 0.3) is 22.5 Å². The molecule has 2 heterocycles. The second kappa shape index (κ2) is 10.3. The fraction of sp³-hybridized carbons (Fsp3) is 0.276. The lowest BCUT2D eigenvalue weighted by molar-refractivity contribution is 0.102. The molecule has 4 aromatic rings. The highest BCUT2D eigenvalue weighted by Gasteiger charge is 2.20. The molecule has 0 unspecified atom stereocenters. The van der Waals surface area contributed by atoms with Crippen LogP contribution in [0.3, 0.4) is 0 Å². The van der Waals surface area contributed by atoms with Gasteiger partial charge in [-0.25, -0.2) is 0 Å². The van der Waals surface area contributed by atoms with Crippen LogP contribution in [0.4, 0.5) is 5.69 Å². The minimum atomic E-state index is -0.137. The Bertz CT molecular complexity index is 1370. The molecule has 36 heavy (non-hydrogen) atoms. The summed E-state index contributed by atoms with van der Waals surface area (Å²) in [6, 6.07) is 19.6. The van der Waals surface area contributed by atoms with E-state index < -0.39 is 0 Å². The molecule has 0 radical (unpaired) electrons. The predicted octanol–water partition coefficient (Wildman–Crippen LogP) is 5.75. The van der Waals surface area contributed by atoms with Gasteiger partial charge in [0.25, 0.3) is 5.91 Å². The highest BCUT2D eigenvalue weighted by molar-refractivity contribution is 6.04. The van der Waals surface area contributed by atoms with E-state index in [1.54, 1.807) is 14.0 Å². The van der Waals surface area contributed by atoms with Gasteiger partial charge in [-0.05, 0) is 97.4 Å². The van der Waals surface area contributed by atoms with Crippen molar-refractivity contribution in [3.05, 3.63) is 83.2 Å². The van der Waals surface area contributed by atoms with Crippen LogP contribution in [0.5, 0.6) is 5.75 Å². The van der Waals surface area contributed by atoms with Gasteiger partial charge in [0.05, 0.1) is 7.11 Å². The summed E-state index contributed by atoms with van der Waals surface area (Å²) in [5, 5.41) is 10.5. The number of piperidine rings is 1. The van der Waals surface area contributed by atoms with Gasteiger partial charge in [-0.15, -0.1) is 0 Å². The molecule has 0 saturated carbocycles. The van der Waals surface area contributed by atoms with Crippen LogP contribution in [0, 0.1) is 13.8 Å². The van der Waals surface area contributed by atoms with E-state index in [9.17, 15) is 4.79 Å². The number of methoxy groups -OCH3 is 1. The predicted molar refractivity (Wildman–Crippen MR) is 140 cm³/mol. The molecule has 0 spiro atoms. The zero-order valence-corrected chi connectivity index (χ0v) is 20.8. The number of rotatable bonds is 6. The van der Waals surface area contributed by atoms with Crippen molar-refractivity contribution in [2.24, 2.45) is 0 Å². The fourth-order valence-electron chi connectivity index (χ4n) is 4.81. The number of nitrogens with zero attached hydrogens (tertiary/aromatic N) is 2. The zero-order chi connectivity index (χ0) is 25.1. The number of hydrogen-bond acceptors (Lipinski definition) is 6. The summed E-state index contributed by atoms with van der Waals surface area (Å²) in [7, 11) is 1.70. The molecule has 5 rings (SSSR count). The zero-order valence-electron chi connectivity index (χ0n) is 20.8. The average molecular weight is 483 g/mol. The minimum Gasteiger partial charge on any atom is -0.496 e. The van der Waals surface area contributed by atoms with E-state index in [4.69, 9.17) is 9.26 Å². The first kappa shape index (κ1) is 23.8. The summed E-state index contributed by atoms with van der Waals surface area (Å²) in [6.07, 6.45) is 2.12. The normalized spacial score (nSPS) is 14.0. The molecule has 3 aromatic carbocycles. The molecule has 1 fully saturated rings. The Morgan fingerprint density at radius 3 is 2.42 bits per heavy atom. The van der Waals surface area contributed by atoms with Crippen molar-refractivity contribution >= 4 is 11.6 Å². The van der Waals surface area contributed by atoms with Crippen LogP contribution in [0.15, 0.2) is 65.2 Å². The fourth-order valence-corrected chi connectivity index (χ4v) is 4.81. The molecule has 2 N–H and O–H groups in total. The smallest absolute Gasteiger partial charge is 0.255 e. The van der Waals surface area contributed by atoms with Crippen molar-refractivity contribution in [3.8, 4) is 28.3 Å². The summed E-state index contributed by atoms with van der Waals surface area (Å²) < 4.78 is 10.7. The van der Waals surface area contributed by atoms with E-state index in [0.717, 1.165) is 65.2 Å². The third-order valence-corrected chi connectivity index (χ3v) is 6.74.